The van der Waals surface area contributed by atoms with Gasteiger partial charge in [0.25, 0.3) is 0 Å². The Kier molecular flexibility index (Phi) is 4.72. The smallest absolute Gasteiger partial charge is 0.127 e. The first-order chi connectivity index (χ1) is 8.65. The molecule has 2 nitrogen and oxygen atoms in total. The third-order valence-electron chi connectivity index (χ3n) is 3.43. The van der Waals surface area contributed by atoms with Crippen molar-refractivity contribution >= 4 is 0 Å². The third-order valence-corrected chi connectivity index (χ3v) is 3.43. The number of nitrogens with zero attached hydrogens (tertiary/aromatic N) is 1. The predicted octanol–water partition coefficient (Wildman–Crippen LogP) is 2.79. The summed E-state index contributed by atoms with van der Waals surface area (Å²) < 4.78 is 13.6. The van der Waals surface area contributed by atoms with Gasteiger partial charge in [0.05, 0.1) is 0 Å². The van der Waals surface area contributed by atoms with Crippen molar-refractivity contribution in [2.24, 2.45) is 0 Å². The second-order valence-electron chi connectivity index (χ2n) is 5.49. The van der Waals surface area contributed by atoms with Gasteiger partial charge in [-0.1, -0.05) is 32.0 Å². The molecule has 0 aromatic heterocycles. The van der Waals surface area contributed by atoms with E-state index in [1.807, 2.05) is 12.1 Å². The zero-order valence-electron chi connectivity index (χ0n) is 11.3. The largest absolute Gasteiger partial charge is 0.311 e. The standard InChI is InChI=1S/C15H23FN2/c1-12(2)17-14-7-5-9-18(11-14)10-13-6-3-4-8-15(13)16/h3-4,6,8,12,14,17H,5,7,9-11H2,1-2H3. The molecule has 100 valence electrons. The number of nitrogens with one attached hydrogen (secondary N) is 1. The number of likely N-dealkylation sites (tertiary alicyclic amines) is 1. The molecule has 0 bridgehead atoms. The van der Waals surface area contributed by atoms with Crippen LogP contribution in [0.15, 0.2) is 24.3 Å². The first-order valence-corrected chi connectivity index (χ1v) is 6.87. The minimum Gasteiger partial charge on any atom is -0.311 e. The van der Waals surface area contributed by atoms with Crippen molar-refractivity contribution in [1.82, 2.24) is 10.2 Å². The molecule has 2 rings (SSSR count). The Hall–Kier alpha value is -0.930. The molecule has 1 aliphatic heterocycles. The molecule has 1 saturated heterocycles. The monoisotopic (exact) mass is 250 g/mol. The van der Waals surface area contributed by atoms with Crippen LogP contribution in [0.2, 0.25) is 0 Å². The molecule has 1 aliphatic rings. The lowest BCUT2D eigenvalue weighted by Gasteiger charge is -2.34. The molecule has 0 radical (unpaired) electrons. The van der Waals surface area contributed by atoms with E-state index >= 15 is 0 Å². The molecule has 0 amide bonds. The number of hydrogen-bond donors (Lipinski definition) is 1. The Balaban J connectivity index is 1.91. The van der Waals surface area contributed by atoms with Crippen LogP contribution in [0.5, 0.6) is 0 Å². The SMILES string of the molecule is CC(C)NC1CCCN(Cc2ccccc2F)C1. The average Bonchev–Trinajstić information content (AvgIpc) is 2.32. The summed E-state index contributed by atoms with van der Waals surface area (Å²) in [4.78, 5) is 2.35. The summed E-state index contributed by atoms with van der Waals surface area (Å²) in [6, 6.07) is 8.15. The lowest BCUT2D eigenvalue weighted by molar-refractivity contribution is 0.177. The van der Waals surface area contributed by atoms with Crippen LogP contribution in [0.4, 0.5) is 4.39 Å². The summed E-state index contributed by atoms with van der Waals surface area (Å²) in [6.45, 7) is 7.17. The molecule has 1 fully saturated rings. The van der Waals surface area contributed by atoms with Gasteiger partial charge in [-0.15, -0.1) is 0 Å². The van der Waals surface area contributed by atoms with Crippen molar-refractivity contribution < 1.29 is 4.39 Å². The first-order valence-electron chi connectivity index (χ1n) is 6.87. The number of hydrogen-bond acceptors (Lipinski definition) is 2. The van der Waals surface area contributed by atoms with E-state index in [1.54, 1.807) is 12.1 Å². The predicted molar refractivity (Wildman–Crippen MR) is 73.0 cm³/mol. The Morgan fingerprint density at radius 1 is 1.39 bits per heavy atom. The van der Waals surface area contributed by atoms with Gasteiger partial charge in [0.1, 0.15) is 5.82 Å². The summed E-state index contributed by atoms with van der Waals surface area (Å²) in [5, 5.41) is 3.58. The molecule has 0 saturated carbocycles. The summed E-state index contributed by atoms with van der Waals surface area (Å²) in [5.41, 5.74) is 0.808. The van der Waals surface area contributed by atoms with Gasteiger partial charge in [-0.2, -0.15) is 0 Å². The summed E-state index contributed by atoms with van der Waals surface area (Å²) in [7, 11) is 0. The zero-order chi connectivity index (χ0) is 13.0. The van der Waals surface area contributed by atoms with Gasteiger partial charge in [-0.25, -0.2) is 4.39 Å². The van der Waals surface area contributed by atoms with Crippen molar-refractivity contribution in [3.05, 3.63) is 35.6 Å². The first kappa shape index (κ1) is 13.5. The Morgan fingerprint density at radius 3 is 2.89 bits per heavy atom. The van der Waals surface area contributed by atoms with Crippen molar-refractivity contribution in [2.45, 2.75) is 45.3 Å². The minimum absolute atomic E-state index is 0.0866. The third kappa shape index (κ3) is 3.79. The van der Waals surface area contributed by atoms with Gasteiger partial charge < -0.3 is 5.32 Å². The molecule has 1 aromatic carbocycles. The average molecular weight is 250 g/mol. The van der Waals surface area contributed by atoms with E-state index in [0.29, 0.717) is 12.1 Å². The van der Waals surface area contributed by atoms with Crippen molar-refractivity contribution in [3.63, 3.8) is 0 Å². The van der Waals surface area contributed by atoms with E-state index in [9.17, 15) is 4.39 Å². The fraction of sp³-hybridized carbons (Fsp3) is 0.600. The van der Waals surface area contributed by atoms with Crippen molar-refractivity contribution in [2.75, 3.05) is 13.1 Å². The van der Waals surface area contributed by atoms with Gasteiger partial charge in [0.15, 0.2) is 0 Å². The normalized spacial score (nSPS) is 21.4. The highest BCUT2D eigenvalue weighted by atomic mass is 19.1. The number of piperidine rings is 1. The van der Waals surface area contributed by atoms with Gasteiger partial charge in [-0.05, 0) is 25.5 Å². The molecule has 1 unspecified atom stereocenters. The van der Waals surface area contributed by atoms with Crippen molar-refractivity contribution in [3.8, 4) is 0 Å². The molecule has 18 heavy (non-hydrogen) atoms. The fourth-order valence-electron chi connectivity index (χ4n) is 2.67. The molecule has 1 aromatic rings. The zero-order valence-corrected chi connectivity index (χ0v) is 11.3. The van der Waals surface area contributed by atoms with Gasteiger partial charge in [-0.3, -0.25) is 4.90 Å². The second kappa shape index (κ2) is 6.30. The molecule has 1 heterocycles. The van der Waals surface area contributed by atoms with E-state index in [0.717, 1.165) is 25.2 Å². The van der Waals surface area contributed by atoms with E-state index < -0.39 is 0 Å². The highest BCUT2D eigenvalue weighted by Gasteiger charge is 2.20. The van der Waals surface area contributed by atoms with Crippen LogP contribution in [0, 0.1) is 5.82 Å². The summed E-state index contributed by atoms with van der Waals surface area (Å²) >= 11 is 0. The Bertz CT molecular complexity index is 379. The molecular formula is C15H23FN2. The molecule has 1 N–H and O–H groups in total. The van der Waals surface area contributed by atoms with Gasteiger partial charge >= 0.3 is 0 Å². The molecule has 0 spiro atoms. The molecule has 1 atom stereocenters. The Morgan fingerprint density at radius 2 is 2.17 bits per heavy atom. The summed E-state index contributed by atoms with van der Waals surface area (Å²) in [6.07, 6.45) is 2.42. The van der Waals surface area contributed by atoms with Gasteiger partial charge in [0.2, 0.25) is 0 Å². The van der Waals surface area contributed by atoms with E-state index in [2.05, 4.69) is 24.1 Å². The van der Waals surface area contributed by atoms with Gasteiger partial charge in [0, 0.05) is 30.7 Å². The van der Waals surface area contributed by atoms with E-state index in [-0.39, 0.29) is 5.82 Å². The van der Waals surface area contributed by atoms with Crippen LogP contribution >= 0.6 is 0 Å². The van der Waals surface area contributed by atoms with Crippen LogP contribution < -0.4 is 5.32 Å². The van der Waals surface area contributed by atoms with E-state index in [1.165, 1.54) is 12.8 Å². The fourth-order valence-corrected chi connectivity index (χ4v) is 2.67. The van der Waals surface area contributed by atoms with Crippen molar-refractivity contribution in [1.29, 1.82) is 0 Å². The maximum absolute atomic E-state index is 13.6. The van der Waals surface area contributed by atoms with Crippen LogP contribution in [0.1, 0.15) is 32.3 Å². The molecule has 0 aliphatic carbocycles. The number of halogens is 1. The second-order valence-corrected chi connectivity index (χ2v) is 5.49. The summed E-state index contributed by atoms with van der Waals surface area (Å²) in [5.74, 6) is -0.0866. The topological polar surface area (TPSA) is 15.3 Å². The Labute approximate surface area is 109 Å². The lowest BCUT2D eigenvalue weighted by Crippen LogP contribution is -2.47. The van der Waals surface area contributed by atoms with Crippen LogP contribution in [0.25, 0.3) is 0 Å². The van der Waals surface area contributed by atoms with Crippen LogP contribution in [-0.4, -0.2) is 30.1 Å². The highest BCUT2D eigenvalue weighted by Crippen LogP contribution is 2.15. The van der Waals surface area contributed by atoms with Crippen LogP contribution in [-0.2, 0) is 6.54 Å². The molecular weight excluding hydrogens is 227 g/mol. The van der Waals surface area contributed by atoms with Crippen LogP contribution in [0.3, 0.4) is 0 Å². The number of benzene rings is 1. The highest BCUT2D eigenvalue weighted by molar-refractivity contribution is 5.17. The van der Waals surface area contributed by atoms with E-state index in [4.69, 9.17) is 0 Å². The quantitative estimate of drug-likeness (QED) is 0.884. The number of rotatable bonds is 4. The lowest BCUT2D eigenvalue weighted by atomic mass is 10.0. The molecule has 3 heteroatoms. The maximum atomic E-state index is 13.6. The minimum atomic E-state index is -0.0866. The maximum Gasteiger partial charge on any atom is 0.127 e.